The minimum absolute atomic E-state index is 0.0849. The molecule has 0 atom stereocenters. The molecule has 0 spiro atoms. The van der Waals surface area contributed by atoms with Crippen LogP contribution in [0, 0.1) is 11.7 Å². The summed E-state index contributed by atoms with van der Waals surface area (Å²) in [6.45, 7) is 6.18. The van der Waals surface area contributed by atoms with Crippen LogP contribution in [0.2, 0.25) is 0 Å². The maximum Gasteiger partial charge on any atom is 0.281 e. The first-order chi connectivity index (χ1) is 16.9. The summed E-state index contributed by atoms with van der Waals surface area (Å²) in [5.74, 6) is 0.493. The van der Waals surface area contributed by atoms with Crippen molar-refractivity contribution in [3.05, 3.63) is 42.0 Å². The van der Waals surface area contributed by atoms with Crippen molar-refractivity contribution in [1.29, 1.82) is 0 Å². The van der Waals surface area contributed by atoms with Crippen LogP contribution >= 0.6 is 23.1 Å². The summed E-state index contributed by atoms with van der Waals surface area (Å²) < 4.78 is 21.1. The fourth-order valence-electron chi connectivity index (χ4n) is 3.51. The van der Waals surface area contributed by atoms with E-state index in [1.165, 1.54) is 39.9 Å². The number of hydrogen-bond acceptors (Lipinski definition) is 8. The number of thioether (sulfide) groups is 1. The molecule has 0 bridgehead atoms. The summed E-state index contributed by atoms with van der Waals surface area (Å²) in [6, 6.07) is 5.77. The van der Waals surface area contributed by atoms with Gasteiger partial charge in [0.15, 0.2) is 15.8 Å². The lowest BCUT2D eigenvalue weighted by Crippen LogP contribution is -2.38. The molecule has 0 aliphatic carbocycles. The van der Waals surface area contributed by atoms with E-state index in [1.807, 2.05) is 11.8 Å². The van der Waals surface area contributed by atoms with E-state index in [4.69, 9.17) is 4.74 Å². The van der Waals surface area contributed by atoms with Gasteiger partial charge < -0.3 is 9.64 Å². The zero-order valence-corrected chi connectivity index (χ0v) is 21.2. The largest absolute Gasteiger partial charge is 0.489 e. The number of rotatable bonds is 9. The topological polar surface area (TPSA) is 102 Å². The fraction of sp³-hybridized carbons (Fsp3) is 0.435. The molecular weight excluding hydrogens is 491 g/mol. The van der Waals surface area contributed by atoms with Crippen molar-refractivity contribution in [1.82, 2.24) is 24.9 Å². The van der Waals surface area contributed by atoms with Crippen molar-refractivity contribution < 1.29 is 18.7 Å². The Balaban J connectivity index is 1.39. The number of anilines is 1. The van der Waals surface area contributed by atoms with Crippen LogP contribution in [0.1, 0.15) is 43.6 Å². The van der Waals surface area contributed by atoms with Crippen molar-refractivity contribution in [3.8, 4) is 11.4 Å². The van der Waals surface area contributed by atoms with Crippen LogP contribution in [0.3, 0.4) is 0 Å². The van der Waals surface area contributed by atoms with Crippen LogP contribution in [-0.2, 0) is 4.79 Å². The third kappa shape index (κ3) is 6.57. The first kappa shape index (κ1) is 25.1. The minimum Gasteiger partial charge on any atom is -0.489 e. The van der Waals surface area contributed by atoms with Crippen molar-refractivity contribution >= 4 is 40.0 Å². The van der Waals surface area contributed by atoms with Gasteiger partial charge >= 0.3 is 0 Å². The molecule has 4 rings (SSSR count). The number of aromatic nitrogens is 4. The normalized spacial score (nSPS) is 14.2. The Morgan fingerprint density at radius 3 is 2.69 bits per heavy atom. The molecule has 1 fully saturated rings. The number of carbonyl (C=O) groups is 2. The Bertz CT molecular complexity index is 1160. The highest BCUT2D eigenvalue weighted by Gasteiger charge is 2.22. The van der Waals surface area contributed by atoms with E-state index in [9.17, 15) is 14.0 Å². The average molecular weight is 519 g/mol. The van der Waals surface area contributed by atoms with Gasteiger partial charge in [0.2, 0.25) is 11.0 Å². The second-order valence-electron chi connectivity index (χ2n) is 8.29. The molecule has 1 N–H and O–H groups in total. The standard InChI is InChI=1S/C23H27FN6O3S2/c1-3-12-33-18-13-30(17-6-4-16(24)5-7-17)28-20(18)21(32)25-22-26-27-23(35-22)34-14-19(31)29-10-8-15(2)9-11-29/h4-7,13,15H,3,8-12,14H2,1-2H3,(H,25,26,32). The van der Waals surface area contributed by atoms with E-state index in [1.54, 1.807) is 18.3 Å². The molecule has 186 valence electrons. The molecule has 3 aromatic rings. The Labute approximate surface area is 211 Å². The molecule has 35 heavy (non-hydrogen) atoms. The van der Waals surface area contributed by atoms with E-state index in [-0.39, 0.29) is 23.2 Å². The molecular formula is C23H27FN6O3S2. The Hall–Kier alpha value is -2.99. The molecule has 0 radical (unpaired) electrons. The van der Waals surface area contributed by atoms with Gasteiger partial charge in [-0.3, -0.25) is 14.9 Å². The number of piperidine rings is 1. The highest BCUT2D eigenvalue weighted by Crippen LogP contribution is 2.28. The maximum absolute atomic E-state index is 13.3. The first-order valence-electron chi connectivity index (χ1n) is 11.5. The second-order valence-corrected chi connectivity index (χ2v) is 10.5. The van der Waals surface area contributed by atoms with Gasteiger partial charge in [0, 0.05) is 13.1 Å². The van der Waals surface area contributed by atoms with Gasteiger partial charge in [0.05, 0.1) is 24.2 Å². The summed E-state index contributed by atoms with van der Waals surface area (Å²) in [7, 11) is 0. The Morgan fingerprint density at radius 1 is 1.23 bits per heavy atom. The van der Waals surface area contributed by atoms with Crippen LogP contribution in [0.5, 0.6) is 5.75 Å². The highest BCUT2D eigenvalue weighted by atomic mass is 32.2. The molecule has 1 saturated heterocycles. The number of benzene rings is 1. The van der Waals surface area contributed by atoms with Gasteiger partial charge in [0.25, 0.3) is 5.91 Å². The van der Waals surface area contributed by atoms with Gasteiger partial charge in [-0.1, -0.05) is 36.9 Å². The summed E-state index contributed by atoms with van der Waals surface area (Å²) in [6.07, 6.45) is 4.42. The summed E-state index contributed by atoms with van der Waals surface area (Å²) >= 11 is 2.51. The van der Waals surface area contributed by atoms with Crippen LogP contribution in [0.25, 0.3) is 5.69 Å². The number of hydrogen-bond donors (Lipinski definition) is 1. The van der Waals surface area contributed by atoms with Crippen LogP contribution < -0.4 is 10.1 Å². The van der Waals surface area contributed by atoms with Gasteiger partial charge in [-0.15, -0.1) is 10.2 Å². The number of ether oxygens (including phenoxy) is 1. The van der Waals surface area contributed by atoms with E-state index >= 15 is 0 Å². The summed E-state index contributed by atoms with van der Waals surface area (Å²) in [4.78, 5) is 27.3. The van der Waals surface area contributed by atoms with Gasteiger partial charge in [-0.2, -0.15) is 5.10 Å². The van der Waals surface area contributed by atoms with Gasteiger partial charge in [-0.25, -0.2) is 9.07 Å². The third-order valence-electron chi connectivity index (χ3n) is 5.53. The van der Waals surface area contributed by atoms with Crippen molar-refractivity contribution in [2.45, 2.75) is 37.4 Å². The van der Waals surface area contributed by atoms with E-state index in [2.05, 4.69) is 27.5 Å². The average Bonchev–Trinajstić information content (AvgIpc) is 3.49. The molecule has 0 saturated carbocycles. The zero-order valence-electron chi connectivity index (χ0n) is 19.6. The fourth-order valence-corrected chi connectivity index (χ4v) is 5.16. The van der Waals surface area contributed by atoms with Crippen molar-refractivity contribution in [2.75, 3.05) is 30.8 Å². The molecule has 2 amide bonds. The van der Waals surface area contributed by atoms with Crippen LogP contribution in [0.4, 0.5) is 9.52 Å². The summed E-state index contributed by atoms with van der Waals surface area (Å²) in [5.41, 5.74) is 0.677. The lowest BCUT2D eigenvalue weighted by Gasteiger charge is -2.30. The van der Waals surface area contributed by atoms with Crippen molar-refractivity contribution in [3.63, 3.8) is 0 Å². The number of carbonyl (C=O) groups excluding carboxylic acids is 2. The van der Waals surface area contributed by atoms with Crippen LogP contribution in [0.15, 0.2) is 34.8 Å². The van der Waals surface area contributed by atoms with Crippen molar-refractivity contribution in [2.24, 2.45) is 5.92 Å². The summed E-state index contributed by atoms with van der Waals surface area (Å²) in [5, 5.41) is 15.4. The van der Waals surface area contributed by atoms with E-state index in [0.717, 1.165) is 32.4 Å². The molecule has 2 aromatic heterocycles. The Morgan fingerprint density at radius 2 is 1.97 bits per heavy atom. The third-order valence-corrected chi connectivity index (χ3v) is 7.49. The monoisotopic (exact) mass is 518 g/mol. The molecule has 12 heteroatoms. The Kier molecular flexibility index (Phi) is 8.34. The molecule has 1 aliphatic rings. The number of nitrogens with one attached hydrogen (secondary N) is 1. The van der Waals surface area contributed by atoms with E-state index in [0.29, 0.717) is 33.4 Å². The highest BCUT2D eigenvalue weighted by molar-refractivity contribution is 8.01. The molecule has 9 nitrogen and oxygen atoms in total. The first-order valence-corrected chi connectivity index (χ1v) is 13.3. The quantitative estimate of drug-likeness (QED) is 0.334. The number of likely N-dealkylation sites (tertiary alicyclic amines) is 1. The predicted octanol–water partition coefficient (Wildman–Crippen LogP) is 4.25. The van der Waals surface area contributed by atoms with Crippen LogP contribution in [-0.4, -0.2) is 62.1 Å². The smallest absolute Gasteiger partial charge is 0.281 e. The maximum atomic E-state index is 13.3. The van der Waals surface area contributed by atoms with E-state index < -0.39 is 5.91 Å². The van der Waals surface area contributed by atoms with Gasteiger partial charge in [0.1, 0.15) is 5.82 Å². The lowest BCUT2D eigenvalue weighted by atomic mass is 9.99. The second kappa shape index (κ2) is 11.6. The number of nitrogens with zero attached hydrogens (tertiary/aromatic N) is 5. The number of amides is 2. The zero-order chi connectivity index (χ0) is 24.8. The molecule has 3 heterocycles. The molecule has 1 aromatic carbocycles. The SMILES string of the molecule is CCCOc1cn(-c2ccc(F)cc2)nc1C(=O)Nc1nnc(SCC(=O)N2CCC(C)CC2)s1. The predicted molar refractivity (Wildman–Crippen MR) is 133 cm³/mol. The molecule has 0 unspecified atom stereocenters. The van der Waals surface area contributed by atoms with Gasteiger partial charge in [-0.05, 0) is 49.4 Å². The molecule has 1 aliphatic heterocycles. The minimum atomic E-state index is -0.497. The number of halogens is 1. The lowest BCUT2D eigenvalue weighted by molar-refractivity contribution is -0.129.